The first-order valence-corrected chi connectivity index (χ1v) is 9.91. The van der Waals surface area contributed by atoms with Crippen LogP contribution in [0.4, 0.5) is 0 Å². The van der Waals surface area contributed by atoms with Gasteiger partial charge in [-0.25, -0.2) is 0 Å². The summed E-state index contributed by atoms with van der Waals surface area (Å²) in [5, 5.41) is 0.882. The first-order valence-electron chi connectivity index (χ1n) is 9.91. The minimum atomic E-state index is -0.0808. The predicted octanol–water partition coefficient (Wildman–Crippen LogP) is 3.35. The van der Waals surface area contributed by atoms with Crippen molar-refractivity contribution in [2.75, 3.05) is 26.3 Å². The van der Waals surface area contributed by atoms with Crippen molar-refractivity contribution in [2.45, 2.75) is 39.7 Å². The second-order valence-corrected chi connectivity index (χ2v) is 7.57. The van der Waals surface area contributed by atoms with Crippen molar-refractivity contribution >= 4 is 16.9 Å². The molecule has 0 radical (unpaired) electrons. The molecule has 4 rings (SSSR count). The minimum absolute atomic E-state index is 0.0645. The highest BCUT2D eigenvalue weighted by molar-refractivity contribution is 6.01. The Labute approximate surface area is 159 Å². The number of nitrogens with two attached hydrogens (primary N) is 1. The summed E-state index contributed by atoms with van der Waals surface area (Å²) >= 11 is 0. The zero-order valence-corrected chi connectivity index (χ0v) is 16.3. The fourth-order valence-electron chi connectivity index (χ4n) is 4.18. The molecule has 0 unspecified atom stereocenters. The Morgan fingerprint density at radius 1 is 1.22 bits per heavy atom. The lowest BCUT2D eigenvalue weighted by atomic mass is 9.99. The summed E-state index contributed by atoms with van der Waals surface area (Å²) in [4.78, 5) is 15.0. The molecule has 1 saturated heterocycles. The van der Waals surface area contributed by atoms with Crippen LogP contribution in [-0.4, -0.2) is 43.2 Å². The predicted molar refractivity (Wildman–Crippen MR) is 103 cm³/mol. The molecule has 1 saturated carbocycles. The summed E-state index contributed by atoms with van der Waals surface area (Å²) in [6.07, 6.45) is 2.48. The van der Waals surface area contributed by atoms with Crippen LogP contribution < -0.4 is 15.2 Å². The van der Waals surface area contributed by atoms with Crippen LogP contribution in [0, 0.1) is 18.8 Å². The van der Waals surface area contributed by atoms with E-state index in [4.69, 9.17) is 19.6 Å². The molecule has 0 bridgehead atoms. The Hall–Kier alpha value is -2.21. The van der Waals surface area contributed by atoms with Crippen LogP contribution in [-0.2, 0) is 0 Å². The van der Waals surface area contributed by atoms with Crippen molar-refractivity contribution in [1.29, 1.82) is 0 Å². The van der Waals surface area contributed by atoms with Gasteiger partial charge in [-0.15, -0.1) is 0 Å². The van der Waals surface area contributed by atoms with Gasteiger partial charge in [-0.1, -0.05) is 0 Å². The molecule has 6 nitrogen and oxygen atoms in total. The van der Waals surface area contributed by atoms with E-state index in [2.05, 4.69) is 0 Å². The number of rotatable bonds is 6. The van der Waals surface area contributed by atoms with Crippen LogP contribution in [0.3, 0.4) is 0 Å². The standard InChI is InChI=1S/C21H28N2O4/c1-4-25-17-9-8-14-12(3)18(27-19(14)20(17)26-5-2)21(24)23-10-15(13-6-7-13)16(22)11-23/h8-9,13,15-16H,4-7,10-11,22H2,1-3H3/t15-,16+/m0/s1. The molecule has 6 heteroatoms. The molecular formula is C21H28N2O4. The number of carbonyl (C=O) groups is 1. The number of ether oxygens (including phenoxy) is 2. The van der Waals surface area contributed by atoms with E-state index >= 15 is 0 Å². The summed E-state index contributed by atoms with van der Waals surface area (Å²) in [7, 11) is 0. The Morgan fingerprint density at radius 2 is 1.96 bits per heavy atom. The highest BCUT2D eigenvalue weighted by atomic mass is 16.5. The molecule has 146 valence electrons. The van der Waals surface area contributed by atoms with E-state index in [9.17, 15) is 4.79 Å². The smallest absolute Gasteiger partial charge is 0.289 e. The average molecular weight is 372 g/mol. The molecular weight excluding hydrogens is 344 g/mol. The second kappa shape index (κ2) is 7.08. The third kappa shape index (κ3) is 3.16. The molecule has 1 amide bonds. The van der Waals surface area contributed by atoms with Gasteiger partial charge in [0.2, 0.25) is 5.75 Å². The third-order valence-corrected chi connectivity index (χ3v) is 5.73. The zero-order chi connectivity index (χ0) is 19.1. The maximum absolute atomic E-state index is 13.2. The molecule has 2 aliphatic rings. The summed E-state index contributed by atoms with van der Waals surface area (Å²) in [6.45, 7) is 8.11. The number of nitrogens with zero attached hydrogens (tertiary/aromatic N) is 1. The van der Waals surface area contributed by atoms with Gasteiger partial charge in [0, 0.05) is 30.1 Å². The number of benzene rings is 1. The van der Waals surface area contributed by atoms with E-state index in [0.29, 0.717) is 54.4 Å². The zero-order valence-electron chi connectivity index (χ0n) is 16.3. The van der Waals surface area contributed by atoms with Crippen LogP contribution in [0.25, 0.3) is 11.0 Å². The maximum atomic E-state index is 13.2. The van der Waals surface area contributed by atoms with Gasteiger partial charge in [-0.2, -0.15) is 0 Å². The first kappa shape index (κ1) is 18.2. The number of likely N-dealkylation sites (tertiary alicyclic amines) is 1. The number of hydrogen-bond acceptors (Lipinski definition) is 5. The fourth-order valence-corrected chi connectivity index (χ4v) is 4.18. The van der Waals surface area contributed by atoms with E-state index in [1.807, 2.05) is 37.8 Å². The number of amides is 1. The number of fused-ring (bicyclic) bond motifs is 1. The SMILES string of the molecule is CCOc1ccc2c(C)c(C(=O)N3C[C@@H](N)[C@H](C4CC4)C3)oc2c1OCC. The lowest BCUT2D eigenvalue weighted by Gasteiger charge is -2.15. The number of aryl methyl sites for hydroxylation is 1. The molecule has 2 fully saturated rings. The molecule has 27 heavy (non-hydrogen) atoms. The normalized spacial score (nSPS) is 22.4. The molecule has 0 spiro atoms. The van der Waals surface area contributed by atoms with Gasteiger partial charge in [0.15, 0.2) is 17.1 Å². The highest BCUT2D eigenvalue weighted by Crippen LogP contribution is 2.42. The Morgan fingerprint density at radius 3 is 2.63 bits per heavy atom. The quantitative estimate of drug-likeness (QED) is 0.841. The number of carbonyl (C=O) groups excluding carboxylic acids is 1. The van der Waals surface area contributed by atoms with Crippen LogP contribution in [0.5, 0.6) is 11.5 Å². The molecule has 1 aliphatic heterocycles. The van der Waals surface area contributed by atoms with Gasteiger partial charge in [0.05, 0.1) is 13.2 Å². The van der Waals surface area contributed by atoms with E-state index in [-0.39, 0.29) is 11.9 Å². The Bertz CT molecular complexity index is 855. The topological polar surface area (TPSA) is 77.9 Å². The van der Waals surface area contributed by atoms with Crippen LogP contribution in [0.15, 0.2) is 16.5 Å². The fraction of sp³-hybridized carbons (Fsp3) is 0.571. The van der Waals surface area contributed by atoms with E-state index in [1.54, 1.807) is 0 Å². The van der Waals surface area contributed by atoms with Gasteiger partial charge >= 0.3 is 0 Å². The molecule has 2 heterocycles. The molecule has 1 aliphatic carbocycles. The summed E-state index contributed by atoms with van der Waals surface area (Å²) in [6, 6.07) is 3.87. The van der Waals surface area contributed by atoms with Crippen LogP contribution in [0.1, 0.15) is 42.8 Å². The van der Waals surface area contributed by atoms with Crippen molar-refractivity contribution in [3.63, 3.8) is 0 Å². The highest BCUT2D eigenvalue weighted by Gasteiger charge is 2.43. The summed E-state index contributed by atoms with van der Waals surface area (Å²) in [5.74, 6) is 2.60. The average Bonchev–Trinajstić information content (AvgIpc) is 3.34. The van der Waals surface area contributed by atoms with Crippen molar-refractivity contribution in [2.24, 2.45) is 17.6 Å². The van der Waals surface area contributed by atoms with Gasteiger partial charge in [-0.05, 0) is 57.6 Å². The molecule has 2 aromatic rings. The van der Waals surface area contributed by atoms with Gasteiger partial charge in [-0.3, -0.25) is 4.79 Å². The Kier molecular flexibility index (Phi) is 4.76. The minimum Gasteiger partial charge on any atom is -0.490 e. The van der Waals surface area contributed by atoms with Crippen LogP contribution in [0.2, 0.25) is 0 Å². The Balaban J connectivity index is 1.68. The molecule has 1 aromatic heterocycles. The lowest BCUT2D eigenvalue weighted by molar-refractivity contribution is 0.0754. The third-order valence-electron chi connectivity index (χ3n) is 5.73. The number of hydrogen-bond donors (Lipinski definition) is 1. The van der Waals surface area contributed by atoms with Gasteiger partial charge < -0.3 is 24.5 Å². The molecule has 2 atom stereocenters. The molecule has 2 N–H and O–H groups in total. The van der Waals surface area contributed by atoms with Crippen LogP contribution >= 0.6 is 0 Å². The molecule has 1 aromatic carbocycles. The van der Waals surface area contributed by atoms with Crippen molar-refractivity contribution in [1.82, 2.24) is 4.90 Å². The summed E-state index contributed by atoms with van der Waals surface area (Å²) < 4.78 is 17.5. The van der Waals surface area contributed by atoms with E-state index in [0.717, 1.165) is 17.5 Å². The van der Waals surface area contributed by atoms with Gasteiger partial charge in [0.1, 0.15) is 0 Å². The van der Waals surface area contributed by atoms with E-state index in [1.165, 1.54) is 12.8 Å². The summed E-state index contributed by atoms with van der Waals surface area (Å²) in [5.41, 5.74) is 7.71. The van der Waals surface area contributed by atoms with Gasteiger partial charge in [0.25, 0.3) is 5.91 Å². The van der Waals surface area contributed by atoms with Crippen molar-refractivity contribution in [3.05, 3.63) is 23.5 Å². The van der Waals surface area contributed by atoms with Crippen molar-refractivity contribution in [3.8, 4) is 11.5 Å². The lowest BCUT2D eigenvalue weighted by Crippen LogP contribution is -2.32. The maximum Gasteiger partial charge on any atom is 0.289 e. The monoisotopic (exact) mass is 372 g/mol. The van der Waals surface area contributed by atoms with E-state index < -0.39 is 0 Å². The van der Waals surface area contributed by atoms with Crippen molar-refractivity contribution < 1.29 is 18.7 Å². The second-order valence-electron chi connectivity index (χ2n) is 7.57. The number of furan rings is 1. The first-order chi connectivity index (χ1) is 13.0. The largest absolute Gasteiger partial charge is 0.490 e.